The molecule has 2 N–H and O–H groups in total. The number of pyridine rings is 1. The minimum atomic E-state index is -0.709. The van der Waals surface area contributed by atoms with Crippen molar-refractivity contribution in [1.82, 2.24) is 9.88 Å². The maximum Gasteiger partial charge on any atom is 0.257 e. The van der Waals surface area contributed by atoms with Crippen molar-refractivity contribution in [3.05, 3.63) is 23.6 Å². The topological polar surface area (TPSA) is 59.2 Å². The minimum Gasteiger partial charge on any atom is -0.381 e. The molecule has 0 bridgehead atoms. The number of hydrogen-bond donors (Lipinski definition) is 1. The van der Waals surface area contributed by atoms with Gasteiger partial charge in [0.1, 0.15) is 0 Å². The van der Waals surface area contributed by atoms with E-state index in [9.17, 15) is 9.18 Å². The smallest absolute Gasteiger partial charge is 0.257 e. The van der Waals surface area contributed by atoms with Crippen LogP contribution in [0.5, 0.6) is 0 Å². The third-order valence-corrected chi connectivity index (χ3v) is 3.46. The van der Waals surface area contributed by atoms with Crippen molar-refractivity contribution in [2.75, 3.05) is 12.3 Å². The summed E-state index contributed by atoms with van der Waals surface area (Å²) in [5, 5.41) is 0. The number of nitrogens with zero attached hydrogens (tertiary/aromatic N) is 2. The van der Waals surface area contributed by atoms with E-state index in [0.29, 0.717) is 6.54 Å². The molecule has 0 radical (unpaired) electrons. The fourth-order valence-corrected chi connectivity index (χ4v) is 2.36. The molecule has 1 aromatic rings. The van der Waals surface area contributed by atoms with Gasteiger partial charge in [0.15, 0.2) is 11.6 Å². The molecule has 1 atom stereocenters. The van der Waals surface area contributed by atoms with Crippen LogP contribution in [-0.2, 0) is 0 Å². The van der Waals surface area contributed by atoms with E-state index in [2.05, 4.69) is 4.98 Å². The van der Waals surface area contributed by atoms with Gasteiger partial charge in [-0.3, -0.25) is 4.79 Å². The van der Waals surface area contributed by atoms with Gasteiger partial charge >= 0.3 is 0 Å². The van der Waals surface area contributed by atoms with E-state index in [0.717, 1.165) is 25.7 Å². The standard InChI is InChI=1S/C13H18FN3O/c1-9-5-3-2-4-8-17(9)13(18)10-6-7-16-12(15)11(10)14/h6-7,9H,2-5,8H2,1H3,(H2,15,16). The molecule has 5 heteroatoms. The number of nitrogens with two attached hydrogens (primary N) is 1. The molecule has 0 spiro atoms. The molecule has 98 valence electrons. The van der Waals surface area contributed by atoms with Crippen molar-refractivity contribution in [3.63, 3.8) is 0 Å². The number of carbonyl (C=O) groups is 1. The highest BCUT2D eigenvalue weighted by Gasteiger charge is 2.25. The van der Waals surface area contributed by atoms with E-state index in [4.69, 9.17) is 5.73 Å². The molecule has 1 fully saturated rings. The second-order valence-corrected chi connectivity index (χ2v) is 4.75. The van der Waals surface area contributed by atoms with Gasteiger partial charge < -0.3 is 10.6 Å². The largest absolute Gasteiger partial charge is 0.381 e. The van der Waals surface area contributed by atoms with Crippen molar-refractivity contribution in [2.24, 2.45) is 0 Å². The first-order valence-electron chi connectivity index (χ1n) is 6.32. The third kappa shape index (κ3) is 2.44. The first-order valence-corrected chi connectivity index (χ1v) is 6.32. The second-order valence-electron chi connectivity index (χ2n) is 4.75. The number of likely N-dealkylation sites (tertiary alicyclic amines) is 1. The van der Waals surface area contributed by atoms with Crippen LogP contribution in [0, 0.1) is 5.82 Å². The van der Waals surface area contributed by atoms with E-state index in [1.54, 1.807) is 4.90 Å². The van der Waals surface area contributed by atoms with Gasteiger partial charge in [-0.1, -0.05) is 12.8 Å². The van der Waals surface area contributed by atoms with E-state index in [1.807, 2.05) is 6.92 Å². The molecule has 1 aliphatic heterocycles. The zero-order valence-electron chi connectivity index (χ0n) is 10.5. The quantitative estimate of drug-likeness (QED) is 0.832. The molecular weight excluding hydrogens is 233 g/mol. The predicted molar refractivity (Wildman–Crippen MR) is 67.6 cm³/mol. The Labute approximate surface area is 106 Å². The van der Waals surface area contributed by atoms with E-state index in [-0.39, 0.29) is 23.3 Å². The summed E-state index contributed by atoms with van der Waals surface area (Å²) in [4.78, 5) is 17.7. The SMILES string of the molecule is CC1CCCCCN1C(=O)c1ccnc(N)c1F. The van der Waals surface area contributed by atoms with Gasteiger partial charge in [0.2, 0.25) is 0 Å². The number of carbonyl (C=O) groups excluding carboxylic acids is 1. The van der Waals surface area contributed by atoms with Crippen LogP contribution in [0.3, 0.4) is 0 Å². The van der Waals surface area contributed by atoms with Crippen LogP contribution in [0.25, 0.3) is 0 Å². The van der Waals surface area contributed by atoms with Gasteiger partial charge in [-0.15, -0.1) is 0 Å². The van der Waals surface area contributed by atoms with E-state index < -0.39 is 5.82 Å². The maximum atomic E-state index is 13.8. The average molecular weight is 251 g/mol. The summed E-state index contributed by atoms with van der Waals surface area (Å²) < 4.78 is 13.8. The van der Waals surface area contributed by atoms with Crippen molar-refractivity contribution in [2.45, 2.75) is 38.6 Å². The fourth-order valence-electron chi connectivity index (χ4n) is 2.36. The summed E-state index contributed by atoms with van der Waals surface area (Å²) in [6.07, 6.45) is 5.54. The highest BCUT2D eigenvalue weighted by atomic mass is 19.1. The summed E-state index contributed by atoms with van der Waals surface area (Å²) in [5.41, 5.74) is 5.42. The number of rotatable bonds is 1. The number of amides is 1. The lowest BCUT2D eigenvalue weighted by atomic mass is 10.1. The van der Waals surface area contributed by atoms with Crippen LogP contribution in [-0.4, -0.2) is 28.4 Å². The van der Waals surface area contributed by atoms with Crippen LogP contribution in [0.15, 0.2) is 12.3 Å². The summed E-state index contributed by atoms with van der Waals surface area (Å²) >= 11 is 0. The molecule has 18 heavy (non-hydrogen) atoms. The van der Waals surface area contributed by atoms with Crippen LogP contribution in [0.1, 0.15) is 43.0 Å². The molecule has 0 aliphatic carbocycles. The number of anilines is 1. The summed E-state index contributed by atoms with van der Waals surface area (Å²) in [6.45, 7) is 2.69. The highest BCUT2D eigenvalue weighted by Crippen LogP contribution is 2.21. The normalized spacial score (nSPS) is 20.6. The molecule has 1 unspecified atom stereocenters. The molecule has 1 aromatic heterocycles. The predicted octanol–water partition coefficient (Wildman–Crippen LogP) is 2.21. The molecule has 0 aromatic carbocycles. The lowest BCUT2D eigenvalue weighted by Gasteiger charge is -2.27. The zero-order chi connectivity index (χ0) is 13.1. The van der Waals surface area contributed by atoms with Gasteiger partial charge in [-0.05, 0) is 25.8 Å². The van der Waals surface area contributed by atoms with Crippen molar-refractivity contribution < 1.29 is 9.18 Å². The van der Waals surface area contributed by atoms with Crippen LogP contribution in [0.2, 0.25) is 0 Å². The number of halogens is 1. The Morgan fingerprint density at radius 1 is 1.50 bits per heavy atom. The fraction of sp³-hybridized carbons (Fsp3) is 0.538. The van der Waals surface area contributed by atoms with Crippen molar-refractivity contribution >= 4 is 11.7 Å². The van der Waals surface area contributed by atoms with Gasteiger partial charge in [-0.2, -0.15) is 0 Å². The van der Waals surface area contributed by atoms with Gasteiger partial charge in [-0.25, -0.2) is 9.37 Å². The molecular formula is C13H18FN3O. The maximum absolute atomic E-state index is 13.8. The second kappa shape index (κ2) is 5.33. The Morgan fingerprint density at radius 3 is 3.06 bits per heavy atom. The first kappa shape index (κ1) is 12.8. The lowest BCUT2D eigenvalue weighted by Crippen LogP contribution is -2.38. The Hall–Kier alpha value is -1.65. The molecule has 2 rings (SSSR count). The molecule has 1 saturated heterocycles. The molecule has 1 aliphatic rings. The zero-order valence-corrected chi connectivity index (χ0v) is 10.5. The molecule has 4 nitrogen and oxygen atoms in total. The van der Waals surface area contributed by atoms with E-state index in [1.165, 1.54) is 12.3 Å². The Bertz CT molecular complexity index is 450. The molecule has 0 saturated carbocycles. The minimum absolute atomic E-state index is 0.0243. The van der Waals surface area contributed by atoms with Crippen LogP contribution in [0.4, 0.5) is 10.2 Å². The number of aromatic nitrogens is 1. The lowest BCUT2D eigenvalue weighted by molar-refractivity contribution is 0.0693. The highest BCUT2D eigenvalue weighted by molar-refractivity contribution is 5.95. The van der Waals surface area contributed by atoms with Crippen molar-refractivity contribution in [3.8, 4) is 0 Å². The van der Waals surface area contributed by atoms with Gasteiger partial charge in [0.05, 0.1) is 5.56 Å². The van der Waals surface area contributed by atoms with Crippen LogP contribution < -0.4 is 5.73 Å². The molecule has 1 amide bonds. The summed E-state index contributed by atoms with van der Waals surface area (Å²) in [6, 6.07) is 1.54. The Balaban J connectivity index is 2.26. The monoisotopic (exact) mass is 251 g/mol. The van der Waals surface area contributed by atoms with Gasteiger partial charge in [0.25, 0.3) is 5.91 Å². The number of nitrogen functional groups attached to an aromatic ring is 1. The first-order chi connectivity index (χ1) is 8.61. The molecule has 2 heterocycles. The van der Waals surface area contributed by atoms with E-state index >= 15 is 0 Å². The third-order valence-electron chi connectivity index (χ3n) is 3.46. The summed E-state index contributed by atoms with van der Waals surface area (Å²) in [5.74, 6) is -1.21. The number of hydrogen-bond acceptors (Lipinski definition) is 3. The van der Waals surface area contributed by atoms with Gasteiger partial charge in [0, 0.05) is 18.8 Å². The summed E-state index contributed by atoms with van der Waals surface area (Å²) in [7, 11) is 0. The average Bonchev–Trinajstić information content (AvgIpc) is 2.57. The van der Waals surface area contributed by atoms with Crippen LogP contribution >= 0.6 is 0 Å². The Morgan fingerprint density at radius 2 is 2.28 bits per heavy atom. The van der Waals surface area contributed by atoms with Crippen molar-refractivity contribution in [1.29, 1.82) is 0 Å². The Kier molecular flexibility index (Phi) is 3.79.